The van der Waals surface area contributed by atoms with Crippen molar-refractivity contribution in [2.24, 2.45) is 7.05 Å². The lowest BCUT2D eigenvalue weighted by atomic mass is 9.99. The Morgan fingerprint density at radius 1 is 1.24 bits per heavy atom. The Morgan fingerprint density at radius 2 is 2.10 bits per heavy atom. The first-order valence-corrected chi connectivity index (χ1v) is 8.06. The molecule has 0 saturated heterocycles. The lowest BCUT2D eigenvalue weighted by molar-refractivity contribution is 0.697. The Morgan fingerprint density at radius 3 is 2.90 bits per heavy atom. The van der Waals surface area contributed by atoms with E-state index in [1.807, 2.05) is 36.6 Å². The molecule has 3 nitrogen and oxygen atoms in total. The summed E-state index contributed by atoms with van der Waals surface area (Å²) in [6, 6.07) is 10.2. The average Bonchev–Trinajstić information content (AvgIpc) is 3.08. The number of benzene rings is 1. The van der Waals surface area contributed by atoms with E-state index in [1.54, 1.807) is 0 Å². The Labute approximate surface area is 127 Å². The van der Waals surface area contributed by atoms with Gasteiger partial charge in [-0.15, -0.1) is 11.3 Å². The molecule has 0 N–H and O–H groups in total. The number of hydrogen-bond acceptors (Lipinski definition) is 3. The summed E-state index contributed by atoms with van der Waals surface area (Å²) in [6.45, 7) is 0. The molecule has 21 heavy (non-hydrogen) atoms. The number of nitrogens with zero attached hydrogens (tertiary/aromatic N) is 3. The fourth-order valence-electron chi connectivity index (χ4n) is 3.08. The highest BCUT2D eigenvalue weighted by molar-refractivity contribution is 7.15. The molecule has 0 fully saturated rings. The molecule has 1 aliphatic rings. The van der Waals surface area contributed by atoms with Crippen molar-refractivity contribution in [3.63, 3.8) is 0 Å². The molecule has 0 unspecified atom stereocenters. The first-order chi connectivity index (χ1) is 10.3. The summed E-state index contributed by atoms with van der Waals surface area (Å²) in [5.74, 6) is 1.01. The molecular weight excluding hydrogens is 278 g/mol. The molecule has 1 aliphatic carbocycles. The number of thiophene rings is 1. The van der Waals surface area contributed by atoms with Crippen molar-refractivity contribution in [1.82, 2.24) is 9.55 Å². The zero-order valence-electron chi connectivity index (χ0n) is 11.9. The summed E-state index contributed by atoms with van der Waals surface area (Å²) in [7, 11) is 2.03. The van der Waals surface area contributed by atoms with Crippen LogP contribution in [-0.4, -0.2) is 9.55 Å². The minimum atomic E-state index is 0.683. The predicted octanol–water partition coefficient (Wildman–Crippen LogP) is 4.05. The van der Waals surface area contributed by atoms with E-state index in [1.165, 1.54) is 41.0 Å². The van der Waals surface area contributed by atoms with Crippen molar-refractivity contribution < 1.29 is 0 Å². The van der Waals surface area contributed by atoms with Gasteiger partial charge < -0.3 is 4.57 Å². The average molecular weight is 293 g/mol. The van der Waals surface area contributed by atoms with Gasteiger partial charge in [0.15, 0.2) is 5.82 Å². The van der Waals surface area contributed by atoms with Gasteiger partial charge in [0.1, 0.15) is 0 Å². The molecular formula is C17H15N3S. The zero-order valence-corrected chi connectivity index (χ0v) is 12.7. The van der Waals surface area contributed by atoms with Crippen LogP contribution >= 0.6 is 11.3 Å². The van der Waals surface area contributed by atoms with Crippen LogP contribution in [0.25, 0.3) is 21.7 Å². The van der Waals surface area contributed by atoms with E-state index in [0.29, 0.717) is 5.56 Å². The van der Waals surface area contributed by atoms with E-state index >= 15 is 0 Å². The van der Waals surface area contributed by atoms with E-state index < -0.39 is 0 Å². The first kappa shape index (κ1) is 12.6. The van der Waals surface area contributed by atoms with Crippen LogP contribution < -0.4 is 0 Å². The fraction of sp³-hybridized carbons (Fsp3) is 0.294. The molecule has 0 aliphatic heterocycles. The second-order valence-corrected chi connectivity index (χ2v) is 6.71. The largest absolute Gasteiger partial charge is 0.326 e. The summed E-state index contributed by atoms with van der Waals surface area (Å²) in [5, 5.41) is 9.04. The van der Waals surface area contributed by atoms with Gasteiger partial charge in [-0.3, -0.25) is 0 Å². The third kappa shape index (κ3) is 1.97. The SMILES string of the molecule is Cn1c(-c2cc3c(s2)CCCC3)nc2ccc(C#N)cc21. The van der Waals surface area contributed by atoms with E-state index in [2.05, 4.69) is 16.7 Å². The van der Waals surface area contributed by atoms with Gasteiger partial charge in [0, 0.05) is 11.9 Å². The van der Waals surface area contributed by atoms with Crippen molar-refractivity contribution in [3.8, 4) is 16.8 Å². The van der Waals surface area contributed by atoms with Gasteiger partial charge in [-0.25, -0.2) is 4.98 Å². The van der Waals surface area contributed by atoms with Crippen molar-refractivity contribution in [2.75, 3.05) is 0 Å². The van der Waals surface area contributed by atoms with Gasteiger partial charge in [0.25, 0.3) is 0 Å². The Balaban J connectivity index is 1.88. The van der Waals surface area contributed by atoms with Gasteiger partial charge in [-0.05, 0) is 55.5 Å². The monoisotopic (exact) mass is 293 g/mol. The standard InChI is InChI=1S/C17H15N3S/c1-20-14-8-11(10-18)6-7-13(14)19-17(20)16-9-12-4-2-3-5-15(12)21-16/h6-9H,2-5H2,1H3. The number of hydrogen-bond donors (Lipinski definition) is 0. The number of aryl methyl sites for hydroxylation is 3. The van der Waals surface area contributed by atoms with Crippen LogP contribution in [-0.2, 0) is 19.9 Å². The predicted molar refractivity (Wildman–Crippen MR) is 85.4 cm³/mol. The third-order valence-corrected chi connectivity index (χ3v) is 5.46. The quantitative estimate of drug-likeness (QED) is 0.679. The van der Waals surface area contributed by atoms with Crippen molar-refractivity contribution in [2.45, 2.75) is 25.7 Å². The summed E-state index contributed by atoms with van der Waals surface area (Å²) in [6.07, 6.45) is 5.02. The number of rotatable bonds is 1. The maximum atomic E-state index is 9.04. The fourth-order valence-corrected chi connectivity index (χ4v) is 4.36. The number of fused-ring (bicyclic) bond motifs is 2. The van der Waals surface area contributed by atoms with Crippen molar-refractivity contribution in [1.29, 1.82) is 5.26 Å². The van der Waals surface area contributed by atoms with Gasteiger partial charge >= 0.3 is 0 Å². The molecule has 104 valence electrons. The number of imidazole rings is 1. The van der Waals surface area contributed by atoms with Gasteiger partial charge in [0.2, 0.25) is 0 Å². The third-order valence-electron chi connectivity index (χ3n) is 4.23. The Bertz CT molecular complexity index is 856. The smallest absolute Gasteiger partial charge is 0.150 e. The molecule has 0 radical (unpaired) electrons. The van der Waals surface area contributed by atoms with Crippen LogP contribution in [0.4, 0.5) is 0 Å². The van der Waals surface area contributed by atoms with Crippen LogP contribution in [0.1, 0.15) is 28.8 Å². The maximum Gasteiger partial charge on any atom is 0.150 e. The highest BCUT2D eigenvalue weighted by atomic mass is 32.1. The number of nitriles is 1. The molecule has 0 amide bonds. The van der Waals surface area contributed by atoms with Crippen LogP contribution in [0.5, 0.6) is 0 Å². The molecule has 0 atom stereocenters. The molecule has 0 saturated carbocycles. The second kappa shape index (κ2) is 4.71. The van der Waals surface area contributed by atoms with E-state index in [9.17, 15) is 0 Å². The molecule has 1 aromatic carbocycles. The van der Waals surface area contributed by atoms with Crippen LogP contribution in [0.15, 0.2) is 24.3 Å². The van der Waals surface area contributed by atoms with E-state index in [0.717, 1.165) is 16.9 Å². The highest BCUT2D eigenvalue weighted by Crippen LogP contribution is 2.36. The second-order valence-electron chi connectivity index (χ2n) is 5.58. The highest BCUT2D eigenvalue weighted by Gasteiger charge is 2.17. The van der Waals surface area contributed by atoms with Crippen molar-refractivity contribution in [3.05, 3.63) is 40.3 Å². The molecule has 2 heterocycles. The van der Waals surface area contributed by atoms with E-state index in [-0.39, 0.29) is 0 Å². The molecule has 0 bridgehead atoms. The summed E-state index contributed by atoms with van der Waals surface area (Å²) in [5.41, 5.74) is 4.17. The normalized spacial score (nSPS) is 14.1. The first-order valence-electron chi connectivity index (χ1n) is 7.25. The summed E-state index contributed by atoms with van der Waals surface area (Å²) in [4.78, 5) is 7.54. The Hall–Kier alpha value is -2.12. The van der Waals surface area contributed by atoms with Gasteiger partial charge in [-0.2, -0.15) is 5.26 Å². The minimum Gasteiger partial charge on any atom is -0.326 e. The van der Waals surface area contributed by atoms with Crippen molar-refractivity contribution >= 4 is 22.4 Å². The number of aromatic nitrogens is 2. The summed E-state index contributed by atoms with van der Waals surface area (Å²) < 4.78 is 2.10. The molecule has 4 rings (SSSR count). The molecule has 3 aromatic rings. The van der Waals surface area contributed by atoms with Gasteiger partial charge in [0.05, 0.1) is 27.5 Å². The van der Waals surface area contributed by atoms with E-state index in [4.69, 9.17) is 10.2 Å². The van der Waals surface area contributed by atoms with Crippen LogP contribution in [0, 0.1) is 11.3 Å². The Kier molecular flexibility index (Phi) is 2.83. The zero-order chi connectivity index (χ0) is 14.4. The van der Waals surface area contributed by atoms with Crippen LogP contribution in [0.2, 0.25) is 0 Å². The molecule has 4 heteroatoms. The van der Waals surface area contributed by atoms with Crippen LogP contribution in [0.3, 0.4) is 0 Å². The van der Waals surface area contributed by atoms with Gasteiger partial charge in [-0.1, -0.05) is 0 Å². The minimum absolute atomic E-state index is 0.683. The maximum absolute atomic E-state index is 9.04. The molecule has 0 spiro atoms. The topological polar surface area (TPSA) is 41.6 Å². The summed E-state index contributed by atoms with van der Waals surface area (Å²) >= 11 is 1.88. The lowest BCUT2D eigenvalue weighted by Gasteiger charge is -2.08. The lowest BCUT2D eigenvalue weighted by Crippen LogP contribution is -1.96. The molecule has 2 aromatic heterocycles.